The van der Waals surface area contributed by atoms with Crippen LogP contribution in [0.3, 0.4) is 0 Å². The van der Waals surface area contributed by atoms with Gasteiger partial charge in [0.1, 0.15) is 0 Å². The molecule has 0 atom stereocenters. The quantitative estimate of drug-likeness (QED) is 0.450. The molecule has 1 aromatic heterocycles. The zero-order valence-electron chi connectivity index (χ0n) is 7.05. The van der Waals surface area contributed by atoms with Crippen LogP contribution in [0, 0.1) is 6.92 Å². The summed E-state index contributed by atoms with van der Waals surface area (Å²) in [6, 6.07) is 0. The summed E-state index contributed by atoms with van der Waals surface area (Å²) in [6.45, 7) is 1.67. The summed E-state index contributed by atoms with van der Waals surface area (Å²) in [4.78, 5) is 6.97. The number of aryl methyl sites for hydroxylation is 1. The Balaban J connectivity index is 2.74. The smallest absolute Gasteiger partial charge is 0.231 e. The standard InChI is InChI=1S/C7H6F4N2S/c1-4-2-12-6(13-3-4)14-7(10,11)5(8)9/h2-3,5H,1H3. The van der Waals surface area contributed by atoms with Crippen LogP contribution in [0.15, 0.2) is 17.6 Å². The Labute approximate surface area is 81.8 Å². The molecule has 1 aromatic rings. The van der Waals surface area contributed by atoms with Gasteiger partial charge in [0.25, 0.3) is 0 Å². The largest absolute Gasteiger partial charge is 0.360 e. The fourth-order valence-corrected chi connectivity index (χ4v) is 1.14. The molecule has 2 nitrogen and oxygen atoms in total. The van der Waals surface area contributed by atoms with E-state index in [1.54, 1.807) is 6.92 Å². The highest BCUT2D eigenvalue weighted by Gasteiger charge is 2.42. The molecule has 0 aliphatic carbocycles. The van der Waals surface area contributed by atoms with Crippen molar-refractivity contribution in [1.82, 2.24) is 9.97 Å². The van der Waals surface area contributed by atoms with Gasteiger partial charge in [0, 0.05) is 12.4 Å². The number of halogens is 4. The summed E-state index contributed by atoms with van der Waals surface area (Å²) in [6.07, 6.45) is -1.15. The zero-order valence-corrected chi connectivity index (χ0v) is 7.86. The lowest BCUT2D eigenvalue weighted by molar-refractivity contribution is -0.0565. The van der Waals surface area contributed by atoms with E-state index in [1.807, 2.05) is 0 Å². The number of aromatic nitrogens is 2. The molecular formula is C7H6F4N2S. The van der Waals surface area contributed by atoms with Crippen LogP contribution in [0.25, 0.3) is 0 Å². The van der Waals surface area contributed by atoms with Crippen LogP contribution < -0.4 is 0 Å². The van der Waals surface area contributed by atoms with Crippen LogP contribution in [-0.4, -0.2) is 21.6 Å². The highest BCUT2D eigenvalue weighted by atomic mass is 32.2. The number of hydrogen-bond acceptors (Lipinski definition) is 3. The van der Waals surface area contributed by atoms with Gasteiger partial charge in [-0.15, -0.1) is 0 Å². The Hall–Kier alpha value is -0.850. The molecule has 0 radical (unpaired) electrons. The van der Waals surface area contributed by atoms with Crippen molar-refractivity contribution in [3.63, 3.8) is 0 Å². The van der Waals surface area contributed by atoms with Crippen molar-refractivity contribution in [2.24, 2.45) is 0 Å². The molecule has 0 spiro atoms. The summed E-state index contributed by atoms with van der Waals surface area (Å²) >= 11 is -0.343. The van der Waals surface area contributed by atoms with Crippen LogP contribution >= 0.6 is 11.8 Å². The highest BCUT2D eigenvalue weighted by Crippen LogP contribution is 2.38. The first-order valence-corrected chi connectivity index (χ1v) is 4.37. The normalized spacial score (nSPS) is 12.1. The average Bonchev–Trinajstić information content (AvgIpc) is 2.08. The number of rotatable bonds is 3. The molecule has 0 amide bonds. The van der Waals surface area contributed by atoms with Gasteiger partial charge < -0.3 is 0 Å². The number of alkyl halides is 4. The molecule has 14 heavy (non-hydrogen) atoms. The lowest BCUT2D eigenvalue weighted by Crippen LogP contribution is -2.21. The van der Waals surface area contributed by atoms with Crippen molar-refractivity contribution < 1.29 is 17.6 Å². The van der Waals surface area contributed by atoms with Crippen molar-refractivity contribution >= 4 is 11.8 Å². The number of hydrogen-bond donors (Lipinski definition) is 0. The molecule has 0 saturated heterocycles. The maximum absolute atomic E-state index is 12.5. The van der Waals surface area contributed by atoms with Crippen LogP contribution in [-0.2, 0) is 0 Å². The second-order valence-electron chi connectivity index (χ2n) is 2.51. The van der Waals surface area contributed by atoms with Gasteiger partial charge in [-0.05, 0) is 24.2 Å². The van der Waals surface area contributed by atoms with Gasteiger partial charge in [-0.2, -0.15) is 8.78 Å². The molecule has 7 heteroatoms. The summed E-state index contributed by atoms with van der Waals surface area (Å²) in [7, 11) is 0. The monoisotopic (exact) mass is 226 g/mol. The minimum atomic E-state index is -4.14. The van der Waals surface area contributed by atoms with E-state index in [4.69, 9.17) is 0 Å². The van der Waals surface area contributed by atoms with Crippen molar-refractivity contribution in [3.8, 4) is 0 Å². The second kappa shape index (κ2) is 4.12. The van der Waals surface area contributed by atoms with Gasteiger partial charge in [0.15, 0.2) is 5.16 Å². The number of thioether (sulfide) groups is 1. The average molecular weight is 226 g/mol. The Morgan fingerprint density at radius 3 is 2.21 bits per heavy atom. The molecule has 0 bridgehead atoms. The van der Waals surface area contributed by atoms with Crippen LogP contribution in [0.1, 0.15) is 5.56 Å². The third kappa shape index (κ3) is 2.83. The van der Waals surface area contributed by atoms with Crippen molar-refractivity contribution in [1.29, 1.82) is 0 Å². The Bertz CT molecular complexity index is 301. The van der Waals surface area contributed by atoms with E-state index < -0.39 is 11.7 Å². The van der Waals surface area contributed by atoms with Crippen molar-refractivity contribution in [2.45, 2.75) is 23.8 Å². The molecule has 78 valence electrons. The third-order valence-corrected chi connectivity index (χ3v) is 2.08. The molecule has 0 N–H and O–H groups in total. The van der Waals surface area contributed by atoms with E-state index in [0.717, 1.165) is 0 Å². The summed E-state index contributed by atoms with van der Waals surface area (Å²) in [5, 5.41) is -4.50. The molecule has 0 aliphatic rings. The van der Waals surface area contributed by atoms with Gasteiger partial charge in [-0.3, -0.25) is 0 Å². The first-order chi connectivity index (χ1) is 6.42. The van der Waals surface area contributed by atoms with Crippen molar-refractivity contribution in [2.75, 3.05) is 0 Å². The lowest BCUT2D eigenvalue weighted by atomic mass is 10.4. The van der Waals surface area contributed by atoms with E-state index in [9.17, 15) is 17.6 Å². The van der Waals surface area contributed by atoms with E-state index in [0.29, 0.717) is 5.56 Å². The first kappa shape index (κ1) is 11.2. The van der Waals surface area contributed by atoms with E-state index in [-0.39, 0.29) is 16.9 Å². The van der Waals surface area contributed by atoms with Gasteiger partial charge >= 0.3 is 11.7 Å². The Morgan fingerprint density at radius 2 is 1.79 bits per heavy atom. The van der Waals surface area contributed by atoms with E-state index in [1.165, 1.54) is 12.4 Å². The SMILES string of the molecule is Cc1cnc(SC(F)(F)C(F)F)nc1. The van der Waals surface area contributed by atoms with Gasteiger partial charge in [0.05, 0.1) is 0 Å². The van der Waals surface area contributed by atoms with E-state index in [2.05, 4.69) is 9.97 Å². The molecule has 0 unspecified atom stereocenters. The minimum absolute atomic E-state index is 0.343. The minimum Gasteiger partial charge on any atom is -0.231 e. The zero-order chi connectivity index (χ0) is 10.8. The third-order valence-electron chi connectivity index (χ3n) is 1.24. The van der Waals surface area contributed by atoms with Crippen LogP contribution in [0.2, 0.25) is 0 Å². The molecule has 1 rings (SSSR count). The Morgan fingerprint density at radius 1 is 1.29 bits per heavy atom. The summed E-state index contributed by atoms with van der Waals surface area (Å²) in [5.74, 6) is 0. The fraction of sp³-hybridized carbons (Fsp3) is 0.429. The summed E-state index contributed by atoms with van der Waals surface area (Å²) < 4.78 is 48.4. The lowest BCUT2D eigenvalue weighted by Gasteiger charge is -2.12. The van der Waals surface area contributed by atoms with Crippen LogP contribution in [0.4, 0.5) is 17.6 Å². The van der Waals surface area contributed by atoms with Crippen LogP contribution in [0.5, 0.6) is 0 Å². The molecule has 0 saturated carbocycles. The Kier molecular flexibility index (Phi) is 3.30. The highest BCUT2D eigenvalue weighted by molar-refractivity contribution is 8.00. The van der Waals surface area contributed by atoms with E-state index >= 15 is 0 Å². The topological polar surface area (TPSA) is 25.8 Å². The van der Waals surface area contributed by atoms with Gasteiger partial charge in [-0.25, -0.2) is 18.7 Å². The first-order valence-electron chi connectivity index (χ1n) is 3.55. The maximum atomic E-state index is 12.5. The number of nitrogens with zero attached hydrogens (tertiary/aromatic N) is 2. The maximum Gasteiger partial charge on any atom is 0.360 e. The molecule has 0 aromatic carbocycles. The molecule has 0 aliphatic heterocycles. The predicted molar refractivity (Wildman–Crippen MR) is 43.6 cm³/mol. The van der Waals surface area contributed by atoms with Gasteiger partial charge in [-0.1, -0.05) is 0 Å². The van der Waals surface area contributed by atoms with Gasteiger partial charge in [0.2, 0.25) is 0 Å². The molecular weight excluding hydrogens is 220 g/mol. The van der Waals surface area contributed by atoms with Crippen molar-refractivity contribution in [3.05, 3.63) is 18.0 Å². The molecule has 0 fully saturated rings. The second-order valence-corrected chi connectivity index (χ2v) is 3.62. The summed E-state index contributed by atoms with van der Waals surface area (Å²) in [5.41, 5.74) is 0.676. The predicted octanol–water partition coefficient (Wildman–Crippen LogP) is 2.74. The fourth-order valence-electron chi connectivity index (χ4n) is 0.600. The molecule has 1 heterocycles.